The number of ether oxygens (including phenoxy) is 2. The largest absolute Gasteiger partial charge is 1.00 e. The molecule has 0 spiro atoms. The monoisotopic (exact) mass is 300 g/mol. The van der Waals surface area contributed by atoms with E-state index in [0.29, 0.717) is 0 Å². The number of aliphatic hydroxyl groups is 3. The summed E-state index contributed by atoms with van der Waals surface area (Å²) in [5, 5.41) is 39.3. The molecule has 0 radical (unpaired) electrons. The van der Waals surface area contributed by atoms with Gasteiger partial charge in [0.25, 0.3) is 0 Å². The zero-order chi connectivity index (χ0) is 14.4. The molecule has 0 aromatic rings. The Kier molecular flexibility index (Phi) is 10.2. The summed E-state index contributed by atoms with van der Waals surface area (Å²) in [6.45, 7) is 2.35. The average molecular weight is 300 g/mol. The summed E-state index contributed by atoms with van der Waals surface area (Å²) >= 11 is 0. The van der Waals surface area contributed by atoms with Gasteiger partial charge in [-0.2, -0.15) is 0 Å². The summed E-state index contributed by atoms with van der Waals surface area (Å²) in [5.74, 6) is -1.65. The molecular formula is C12H21NaO7. The number of aliphatic carboxylic acids is 1. The summed E-state index contributed by atoms with van der Waals surface area (Å²) in [6, 6.07) is 0. The Morgan fingerprint density at radius 1 is 1.15 bits per heavy atom. The van der Waals surface area contributed by atoms with Gasteiger partial charge >= 0.3 is 29.6 Å². The third-order valence-electron chi connectivity index (χ3n) is 3.08. The molecule has 0 aliphatic carbocycles. The minimum Gasteiger partial charge on any atom is -0.547 e. The molecule has 1 aliphatic heterocycles. The molecule has 0 unspecified atom stereocenters. The van der Waals surface area contributed by atoms with E-state index in [1.54, 1.807) is 0 Å². The van der Waals surface area contributed by atoms with Crippen molar-refractivity contribution in [3.05, 3.63) is 0 Å². The maximum absolute atomic E-state index is 10.7. The van der Waals surface area contributed by atoms with E-state index in [1.807, 2.05) is 0 Å². The van der Waals surface area contributed by atoms with Crippen LogP contribution in [0.25, 0.3) is 0 Å². The minimum absolute atomic E-state index is 0. The minimum atomic E-state index is -1.74. The average Bonchev–Trinajstić information content (AvgIpc) is 2.37. The third-order valence-corrected chi connectivity index (χ3v) is 3.08. The van der Waals surface area contributed by atoms with E-state index in [-0.39, 0.29) is 36.2 Å². The van der Waals surface area contributed by atoms with Gasteiger partial charge in [-0.25, -0.2) is 0 Å². The molecule has 0 aromatic carbocycles. The summed E-state index contributed by atoms with van der Waals surface area (Å²) in [4.78, 5) is 10.7. The molecule has 3 N–H and O–H groups in total. The standard InChI is InChI=1S/C12H22O7.Na/c1-2-3-4-5-6-18-12-9(15)7(13)8(14)10(19-12)11(16)17;/h7-10,12-15H,2-6H2,1H3,(H,16,17);/q;+1/p-1/t7-,8+,9+,10-,12-;/m0./s1. The van der Waals surface area contributed by atoms with Crippen LogP contribution in [0.15, 0.2) is 0 Å². The van der Waals surface area contributed by atoms with Gasteiger partial charge in [-0.05, 0) is 6.42 Å². The molecular weight excluding hydrogens is 279 g/mol. The number of carboxylic acid groups (broad SMARTS) is 1. The van der Waals surface area contributed by atoms with Crippen molar-refractivity contribution >= 4 is 5.97 Å². The first-order chi connectivity index (χ1) is 8.99. The molecule has 0 amide bonds. The van der Waals surface area contributed by atoms with E-state index in [0.717, 1.165) is 25.7 Å². The van der Waals surface area contributed by atoms with Gasteiger partial charge in [-0.3, -0.25) is 0 Å². The van der Waals surface area contributed by atoms with Crippen LogP contribution in [-0.2, 0) is 14.3 Å². The Morgan fingerprint density at radius 3 is 2.35 bits per heavy atom. The second-order valence-electron chi connectivity index (χ2n) is 4.65. The predicted octanol–water partition coefficient (Wildman–Crippen LogP) is -4.86. The van der Waals surface area contributed by atoms with Crippen LogP contribution < -0.4 is 34.7 Å². The fraction of sp³-hybridized carbons (Fsp3) is 0.917. The van der Waals surface area contributed by atoms with Gasteiger partial charge in [0.15, 0.2) is 6.29 Å². The van der Waals surface area contributed by atoms with Crippen molar-refractivity contribution in [2.75, 3.05) is 6.61 Å². The number of hydrogen-bond acceptors (Lipinski definition) is 7. The molecule has 112 valence electrons. The first kappa shape index (κ1) is 20.3. The number of rotatable bonds is 7. The fourth-order valence-electron chi connectivity index (χ4n) is 1.91. The fourth-order valence-corrected chi connectivity index (χ4v) is 1.91. The molecule has 1 saturated heterocycles. The molecule has 1 rings (SSSR count). The van der Waals surface area contributed by atoms with Crippen LogP contribution in [0.3, 0.4) is 0 Å². The van der Waals surface area contributed by atoms with Crippen LogP contribution in [-0.4, -0.2) is 58.6 Å². The Morgan fingerprint density at radius 2 is 1.80 bits per heavy atom. The predicted molar refractivity (Wildman–Crippen MR) is 61.8 cm³/mol. The van der Waals surface area contributed by atoms with Gasteiger partial charge in [0.2, 0.25) is 0 Å². The summed E-state index contributed by atoms with van der Waals surface area (Å²) < 4.78 is 10.1. The number of carboxylic acids is 1. The zero-order valence-corrected chi connectivity index (χ0v) is 13.9. The molecule has 0 aromatic heterocycles. The second-order valence-corrected chi connectivity index (χ2v) is 4.65. The van der Waals surface area contributed by atoms with Crippen molar-refractivity contribution in [1.82, 2.24) is 0 Å². The SMILES string of the molecule is CCCCCCO[C@H]1O[C@H](C(=O)[O-])[C@H](O)[C@H](O)[C@H]1O.[Na+]. The van der Waals surface area contributed by atoms with Gasteiger partial charge in [0.1, 0.15) is 24.4 Å². The van der Waals surface area contributed by atoms with E-state index < -0.39 is 36.7 Å². The second kappa shape index (κ2) is 10.1. The number of carbonyl (C=O) groups is 1. The molecule has 20 heavy (non-hydrogen) atoms. The van der Waals surface area contributed by atoms with Crippen LogP contribution in [0.1, 0.15) is 32.6 Å². The number of unbranched alkanes of at least 4 members (excludes halogenated alkanes) is 3. The van der Waals surface area contributed by atoms with Crippen molar-refractivity contribution in [1.29, 1.82) is 0 Å². The van der Waals surface area contributed by atoms with Crippen LogP contribution >= 0.6 is 0 Å². The first-order valence-electron chi connectivity index (χ1n) is 6.51. The molecule has 0 saturated carbocycles. The van der Waals surface area contributed by atoms with E-state index in [4.69, 9.17) is 9.47 Å². The summed E-state index contributed by atoms with van der Waals surface area (Å²) in [6.07, 6.45) is -4.03. The van der Waals surface area contributed by atoms with Crippen molar-refractivity contribution in [2.45, 2.75) is 63.3 Å². The quantitative estimate of drug-likeness (QED) is 0.319. The van der Waals surface area contributed by atoms with Gasteiger partial charge in [0.05, 0.1) is 5.97 Å². The number of hydrogen-bond donors (Lipinski definition) is 3. The van der Waals surface area contributed by atoms with E-state index in [2.05, 4.69) is 6.92 Å². The molecule has 1 heterocycles. The van der Waals surface area contributed by atoms with E-state index >= 15 is 0 Å². The Labute approximate surface area is 140 Å². The van der Waals surface area contributed by atoms with Crippen LogP contribution in [0.4, 0.5) is 0 Å². The van der Waals surface area contributed by atoms with Crippen molar-refractivity contribution in [2.24, 2.45) is 0 Å². The molecule has 8 heteroatoms. The Bertz CT molecular complexity index is 289. The summed E-state index contributed by atoms with van der Waals surface area (Å²) in [5.41, 5.74) is 0. The maximum atomic E-state index is 10.7. The zero-order valence-electron chi connectivity index (χ0n) is 11.9. The van der Waals surface area contributed by atoms with Crippen molar-refractivity contribution in [3.8, 4) is 0 Å². The van der Waals surface area contributed by atoms with Crippen molar-refractivity contribution in [3.63, 3.8) is 0 Å². The number of aliphatic hydroxyl groups excluding tert-OH is 3. The van der Waals surface area contributed by atoms with Gasteiger partial charge < -0.3 is 34.7 Å². The topological polar surface area (TPSA) is 119 Å². The summed E-state index contributed by atoms with van der Waals surface area (Å²) in [7, 11) is 0. The molecule has 1 fully saturated rings. The molecule has 1 aliphatic rings. The van der Waals surface area contributed by atoms with Gasteiger partial charge in [-0.1, -0.05) is 26.2 Å². The Balaban J connectivity index is 0.00000361. The van der Waals surface area contributed by atoms with E-state index in [1.165, 1.54) is 0 Å². The normalized spacial score (nSPS) is 33.5. The van der Waals surface area contributed by atoms with Crippen LogP contribution in [0, 0.1) is 0 Å². The van der Waals surface area contributed by atoms with E-state index in [9.17, 15) is 25.2 Å². The third kappa shape index (κ3) is 5.57. The Hall–Kier alpha value is 0.270. The smallest absolute Gasteiger partial charge is 0.547 e. The molecule has 0 bridgehead atoms. The number of carbonyl (C=O) groups excluding carboxylic acids is 1. The van der Waals surface area contributed by atoms with Crippen LogP contribution in [0.2, 0.25) is 0 Å². The van der Waals surface area contributed by atoms with Gasteiger partial charge in [-0.15, -0.1) is 0 Å². The first-order valence-corrected chi connectivity index (χ1v) is 6.51. The van der Waals surface area contributed by atoms with Gasteiger partial charge in [0, 0.05) is 6.61 Å². The maximum Gasteiger partial charge on any atom is 1.00 e. The molecule has 5 atom stereocenters. The van der Waals surface area contributed by atoms with Crippen molar-refractivity contribution < 1.29 is 64.3 Å². The molecule has 7 nitrogen and oxygen atoms in total. The van der Waals surface area contributed by atoms with Crippen LogP contribution in [0.5, 0.6) is 0 Å².